The second-order valence-electron chi connectivity index (χ2n) is 4.35. The van der Waals surface area contributed by atoms with Crippen LogP contribution in [-0.2, 0) is 9.57 Å². The Morgan fingerprint density at radius 2 is 2.06 bits per heavy atom. The average molecular weight is 239 g/mol. The molecule has 0 bridgehead atoms. The quantitative estimate of drug-likeness (QED) is 0.610. The van der Waals surface area contributed by atoms with Gasteiger partial charge in [0.1, 0.15) is 5.82 Å². The van der Waals surface area contributed by atoms with Crippen LogP contribution in [0.4, 0.5) is 4.39 Å². The molecule has 1 aromatic carbocycles. The van der Waals surface area contributed by atoms with E-state index in [0.29, 0.717) is 25.2 Å². The van der Waals surface area contributed by atoms with Crippen molar-refractivity contribution in [1.82, 2.24) is 5.48 Å². The van der Waals surface area contributed by atoms with Crippen LogP contribution in [0.3, 0.4) is 0 Å². The van der Waals surface area contributed by atoms with E-state index in [1.165, 1.54) is 6.07 Å². The molecule has 2 rings (SSSR count). The molecule has 3 nitrogen and oxygen atoms in total. The highest BCUT2D eigenvalue weighted by Crippen LogP contribution is 2.37. The van der Waals surface area contributed by atoms with E-state index in [4.69, 9.17) is 9.57 Å². The topological polar surface area (TPSA) is 30.5 Å². The predicted molar refractivity (Wildman–Crippen MR) is 63.1 cm³/mol. The Hall–Kier alpha value is -0.970. The molecule has 0 heterocycles. The number of halogens is 1. The molecule has 0 spiro atoms. The van der Waals surface area contributed by atoms with Crippen LogP contribution in [0.5, 0.6) is 0 Å². The van der Waals surface area contributed by atoms with Gasteiger partial charge in [-0.2, -0.15) is 5.48 Å². The van der Waals surface area contributed by atoms with Crippen LogP contribution in [0.25, 0.3) is 0 Å². The predicted octanol–water partition coefficient (Wildman–Crippen LogP) is 2.24. The Morgan fingerprint density at radius 3 is 2.76 bits per heavy atom. The lowest BCUT2D eigenvalue weighted by molar-refractivity contribution is -0.0305. The first kappa shape index (κ1) is 12.5. The number of hydrogen-bond donors (Lipinski definition) is 1. The first-order chi connectivity index (χ1) is 8.31. The Kier molecular flexibility index (Phi) is 4.48. The van der Waals surface area contributed by atoms with Crippen molar-refractivity contribution in [3.8, 4) is 0 Å². The molecule has 0 aromatic heterocycles. The molecule has 1 N–H and O–H groups in total. The first-order valence-electron chi connectivity index (χ1n) is 5.92. The molecule has 1 saturated carbocycles. The van der Waals surface area contributed by atoms with Crippen molar-refractivity contribution < 1.29 is 14.0 Å². The molecule has 94 valence electrons. The Balaban J connectivity index is 1.70. The van der Waals surface area contributed by atoms with Crippen molar-refractivity contribution in [3.63, 3.8) is 0 Å². The first-order valence-corrected chi connectivity index (χ1v) is 5.92. The summed E-state index contributed by atoms with van der Waals surface area (Å²) >= 11 is 0. The van der Waals surface area contributed by atoms with Gasteiger partial charge in [-0.05, 0) is 30.4 Å². The third-order valence-electron chi connectivity index (χ3n) is 3.12. The molecule has 0 atom stereocenters. The van der Waals surface area contributed by atoms with Gasteiger partial charge in [0, 0.05) is 13.2 Å². The van der Waals surface area contributed by atoms with Gasteiger partial charge in [0.15, 0.2) is 0 Å². The monoisotopic (exact) mass is 239 g/mol. The third-order valence-corrected chi connectivity index (χ3v) is 3.12. The second kappa shape index (κ2) is 6.10. The van der Waals surface area contributed by atoms with E-state index in [-0.39, 0.29) is 5.82 Å². The zero-order chi connectivity index (χ0) is 12.1. The maximum atomic E-state index is 13.5. The smallest absolute Gasteiger partial charge is 0.126 e. The van der Waals surface area contributed by atoms with Gasteiger partial charge < -0.3 is 4.74 Å². The molecule has 1 aliphatic rings. The van der Waals surface area contributed by atoms with Gasteiger partial charge >= 0.3 is 0 Å². The van der Waals surface area contributed by atoms with Crippen LogP contribution >= 0.6 is 0 Å². The van der Waals surface area contributed by atoms with Gasteiger partial charge in [0.25, 0.3) is 0 Å². The van der Waals surface area contributed by atoms with Crippen LogP contribution in [0.2, 0.25) is 0 Å². The Labute approximate surface area is 101 Å². The fraction of sp³-hybridized carbons (Fsp3) is 0.538. The van der Waals surface area contributed by atoms with E-state index in [0.717, 1.165) is 18.4 Å². The van der Waals surface area contributed by atoms with Crippen LogP contribution < -0.4 is 5.48 Å². The molecule has 0 amide bonds. The second-order valence-corrected chi connectivity index (χ2v) is 4.35. The minimum absolute atomic E-state index is 0.101. The maximum absolute atomic E-state index is 13.5. The van der Waals surface area contributed by atoms with Crippen molar-refractivity contribution in [2.75, 3.05) is 20.3 Å². The number of benzene rings is 1. The molecule has 0 aliphatic heterocycles. The summed E-state index contributed by atoms with van der Waals surface area (Å²) in [6.07, 6.45) is 1.85. The van der Waals surface area contributed by atoms with Gasteiger partial charge in [-0.15, -0.1) is 0 Å². The summed E-state index contributed by atoms with van der Waals surface area (Å²) in [5, 5.41) is 0. The van der Waals surface area contributed by atoms with Crippen molar-refractivity contribution in [2.45, 2.75) is 24.8 Å². The van der Waals surface area contributed by atoms with E-state index in [1.54, 1.807) is 13.2 Å². The van der Waals surface area contributed by atoms with Gasteiger partial charge in [0.2, 0.25) is 0 Å². The van der Waals surface area contributed by atoms with Crippen LogP contribution in [0.1, 0.15) is 24.3 Å². The standard InChI is InChI=1S/C13H18FNO2/c1-16-6-7-17-15-11-8-10(9-11)12-4-2-3-5-13(12)14/h2-5,10-11,15H,6-9H2,1H3. The fourth-order valence-corrected chi connectivity index (χ4v) is 2.08. The minimum Gasteiger partial charge on any atom is -0.382 e. The van der Waals surface area contributed by atoms with Crippen LogP contribution in [-0.4, -0.2) is 26.4 Å². The summed E-state index contributed by atoms with van der Waals surface area (Å²) in [6.45, 7) is 1.12. The highest BCUT2D eigenvalue weighted by atomic mass is 19.1. The van der Waals surface area contributed by atoms with Gasteiger partial charge in [0.05, 0.1) is 13.2 Å². The number of hydrogen-bond acceptors (Lipinski definition) is 3. The number of nitrogens with one attached hydrogen (secondary N) is 1. The van der Waals surface area contributed by atoms with E-state index >= 15 is 0 Å². The summed E-state index contributed by atoms with van der Waals surface area (Å²) in [6, 6.07) is 7.32. The van der Waals surface area contributed by atoms with E-state index in [9.17, 15) is 4.39 Å². The highest BCUT2D eigenvalue weighted by molar-refractivity contribution is 5.24. The zero-order valence-electron chi connectivity index (χ0n) is 9.99. The summed E-state index contributed by atoms with van der Waals surface area (Å²) in [4.78, 5) is 5.22. The lowest BCUT2D eigenvalue weighted by atomic mass is 9.76. The summed E-state index contributed by atoms with van der Waals surface area (Å²) in [5.74, 6) is 0.218. The number of rotatable bonds is 6. The lowest BCUT2D eigenvalue weighted by Gasteiger charge is -2.35. The van der Waals surface area contributed by atoms with Gasteiger partial charge in [-0.1, -0.05) is 18.2 Å². The lowest BCUT2D eigenvalue weighted by Crippen LogP contribution is -2.40. The summed E-state index contributed by atoms with van der Waals surface area (Å²) in [5.41, 5.74) is 3.79. The van der Waals surface area contributed by atoms with Crippen molar-refractivity contribution in [1.29, 1.82) is 0 Å². The number of methoxy groups -OCH3 is 1. The molecular formula is C13H18FNO2. The van der Waals surface area contributed by atoms with Crippen LogP contribution in [0.15, 0.2) is 24.3 Å². The molecule has 0 saturated heterocycles. The van der Waals surface area contributed by atoms with Gasteiger partial charge in [-0.3, -0.25) is 4.84 Å². The zero-order valence-corrected chi connectivity index (χ0v) is 9.99. The van der Waals surface area contributed by atoms with E-state index in [1.807, 2.05) is 12.1 Å². The Bertz CT molecular complexity index is 353. The summed E-state index contributed by atoms with van der Waals surface area (Å²) in [7, 11) is 1.64. The molecule has 1 aliphatic carbocycles. The minimum atomic E-state index is -0.101. The highest BCUT2D eigenvalue weighted by Gasteiger charge is 2.31. The maximum Gasteiger partial charge on any atom is 0.126 e. The summed E-state index contributed by atoms with van der Waals surface area (Å²) < 4.78 is 18.3. The third kappa shape index (κ3) is 3.25. The molecule has 17 heavy (non-hydrogen) atoms. The number of ether oxygens (including phenoxy) is 1. The van der Waals surface area contributed by atoms with E-state index in [2.05, 4.69) is 5.48 Å². The Morgan fingerprint density at radius 1 is 1.29 bits per heavy atom. The number of hydroxylamine groups is 1. The largest absolute Gasteiger partial charge is 0.382 e. The molecule has 4 heteroatoms. The van der Waals surface area contributed by atoms with Crippen molar-refractivity contribution >= 4 is 0 Å². The molecule has 0 unspecified atom stereocenters. The normalized spacial score (nSPS) is 23.4. The fourth-order valence-electron chi connectivity index (χ4n) is 2.08. The molecule has 1 fully saturated rings. The van der Waals surface area contributed by atoms with Crippen molar-refractivity contribution in [2.24, 2.45) is 0 Å². The SMILES string of the molecule is COCCONC1CC(c2ccccc2F)C1. The van der Waals surface area contributed by atoms with Gasteiger partial charge in [-0.25, -0.2) is 4.39 Å². The molecular weight excluding hydrogens is 221 g/mol. The van der Waals surface area contributed by atoms with Crippen LogP contribution in [0, 0.1) is 5.82 Å². The average Bonchev–Trinajstić information content (AvgIpc) is 2.28. The van der Waals surface area contributed by atoms with E-state index < -0.39 is 0 Å². The molecule has 0 radical (unpaired) electrons. The molecule has 1 aromatic rings. The van der Waals surface area contributed by atoms with Crippen molar-refractivity contribution in [3.05, 3.63) is 35.6 Å².